The van der Waals surface area contributed by atoms with Crippen molar-refractivity contribution in [1.29, 1.82) is 0 Å². The van der Waals surface area contributed by atoms with E-state index in [1.54, 1.807) is 0 Å². The van der Waals surface area contributed by atoms with Crippen LogP contribution < -0.4 is 4.40 Å². The third-order valence-corrected chi connectivity index (χ3v) is 10.6. The van der Waals surface area contributed by atoms with Crippen LogP contribution in [-0.4, -0.2) is 22.1 Å². The molecule has 4 fully saturated rings. The Morgan fingerprint density at radius 2 is 1.12 bits per heavy atom. The summed E-state index contributed by atoms with van der Waals surface area (Å²) < 4.78 is 1.45. The van der Waals surface area contributed by atoms with Crippen LogP contribution in [0, 0.1) is 36.2 Å². The van der Waals surface area contributed by atoms with Gasteiger partial charge in [0.2, 0.25) is 0 Å². The summed E-state index contributed by atoms with van der Waals surface area (Å²) in [4.78, 5) is 0. The smallest absolute Gasteiger partial charge is 0.0622 e. The Morgan fingerprint density at radius 1 is 0.698 bits per heavy atom. The molecule has 0 spiro atoms. The van der Waals surface area contributed by atoms with Crippen molar-refractivity contribution in [2.75, 3.05) is 0 Å². The predicted molar refractivity (Wildman–Crippen MR) is 187 cm³/mol. The van der Waals surface area contributed by atoms with Gasteiger partial charge in [-0.3, -0.25) is 6.08 Å². The summed E-state index contributed by atoms with van der Waals surface area (Å²) in [6, 6.07) is 31.2. The van der Waals surface area contributed by atoms with Gasteiger partial charge < -0.3 is 13.2 Å². The second kappa shape index (κ2) is 16.1. The van der Waals surface area contributed by atoms with Crippen LogP contribution in [0.3, 0.4) is 0 Å². The summed E-state index contributed by atoms with van der Waals surface area (Å²) in [5.41, 5.74) is 16.3. The minimum absolute atomic E-state index is 0. The normalized spacial score (nSPS) is 29.3. The van der Waals surface area contributed by atoms with Crippen molar-refractivity contribution in [1.82, 2.24) is 0 Å². The molecule has 4 bridgehead atoms. The molecule has 3 heteroatoms. The number of allylic oxidation sites excluding steroid dienone is 4. The average Bonchev–Trinajstić information content (AvgIpc) is 3.13. The monoisotopic (exact) mass is 669 g/mol. The van der Waals surface area contributed by atoms with E-state index >= 15 is 0 Å². The van der Waals surface area contributed by atoms with Gasteiger partial charge in [-0.2, -0.15) is 11.1 Å². The van der Waals surface area contributed by atoms with E-state index in [2.05, 4.69) is 120 Å². The van der Waals surface area contributed by atoms with Crippen LogP contribution >= 0.6 is 0 Å². The molecule has 3 aromatic carbocycles. The molecule has 0 amide bonds. The van der Waals surface area contributed by atoms with E-state index in [-0.39, 0.29) is 34.7 Å². The predicted octanol–water partition coefficient (Wildman–Crippen LogP) is 10.3. The van der Waals surface area contributed by atoms with E-state index in [1.165, 1.54) is 87.3 Å². The molecular weight excluding hydrogens is 615 g/mol. The Labute approximate surface area is 287 Å². The minimum atomic E-state index is -0.0249. The van der Waals surface area contributed by atoms with Gasteiger partial charge >= 0.3 is 73.0 Å². The molecule has 0 aliphatic heterocycles. The van der Waals surface area contributed by atoms with Gasteiger partial charge in [0.25, 0.3) is 0 Å². The van der Waals surface area contributed by atoms with E-state index in [4.69, 9.17) is 5.73 Å². The third-order valence-electron chi connectivity index (χ3n) is 9.59. The number of hydrogen-bond acceptors (Lipinski definition) is 0. The van der Waals surface area contributed by atoms with Crippen LogP contribution in [0.4, 0.5) is 0 Å². The maximum atomic E-state index is 8.46. The quantitative estimate of drug-likeness (QED) is 0.182. The molecule has 43 heavy (non-hydrogen) atoms. The molecule has 5 aliphatic rings. The van der Waals surface area contributed by atoms with Crippen molar-refractivity contribution in [2.24, 2.45) is 22.7 Å². The first-order valence-corrected chi connectivity index (χ1v) is 16.9. The molecule has 0 aromatic heterocycles. The van der Waals surface area contributed by atoms with Crippen LogP contribution in [-0.2, 0) is 21.7 Å². The fourth-order valence-corrected chi connectivity index (χ4v) is 8.92. The summed E-state index contributed by atoms with van der Waals surface area (Å²) in [5.74, 6) is 1.45. The molecule has 1 N–H and O–H groups in total. The molecule has 1 nitrogen and oxygen atoms in total. The first-order chi connectivity index (χ1) is 19.4. The van der Waals surface area contributed by atoms with Gasteiger partial charge in [0.05, 0.1) is 0 Å². The Hall–Kier alpha value is -1.64. The maximum absolute atomic E-state index is 8.46. The SMILES string of the molecule is CC12CC3CC(C)(C1)CC([NH-])(C3)C2.CC1=[C-]C(C)C(C)=C1C.[CH3-].[GeH2][c]1ccccc1.[Ti+3].c1ccc(-c2ccccc2)cc1. The van der Waals surface area contributed by atoms with Crippen LogP contribution in [0.15, 0.2) is 108 Å². The zero-order valence-corrected chi connectivity index (χ0v) is 32.3. The molecule has 2 radical (unpaired) electrons. The van der Waals surface area contributed by atoms with Gasteiger partial charge in [-0.15, -0.1) is 12.5 Å². The van der Waals surface area contributed by atoms with Crippen LogP contribution in [0.25, 0.3) is 16.9 Å². The molecule has 226 valence electrons. The minimum Gasteiger partial charge on any atom is -0.0622 e. The van der Waals surface area contributed by atoms with Crippen LogP contribution in [0.5, 0.6) is 0 Å². The fourth-order valence-electron chi connectivity index (χ4n) is 8.35. The van der Waals surface area contributed by atoms with Crippen molar-refractivity contribution in [2.45, 2.75) is 85.6 Å². The van der Waals surface area contributed by atoms with E-state index < -0.39 is 0 Å². The Kier molecular flexibility index (Phi) is 14.0. The number of benzene rings is 3. The maximum Gasteiger partial charge on any atom is 3.00 e. The standard InChI is InChI=1S/C12H20N.C12H10.C9H13.C6H7Ge.CH3.Ti/c1-10-3-9-4-11(2,6-10)8-12(13,5-9)7-10;1-3-7-11(8-4-1)12-9-5-2-6-10-12;1-6-5-7(2)9(4)8(6)3;7-6-4-2-1-3-5-6;;/h9,13H,3-8H2,1-2H3;1-10H;6H,1-4H3;1-5H,7H2;1H3;/q-1;;-1;;-1;+3. The van der Waals surface area contributed by atoms with Gasteiger partial charge in [-0.1, -0.05) is 120 Å². The van der Waals surface area contributed by atoms with E-state index in [9.17, 15) is 0 Å². The zero-order chi connectivity index (χ0) is 29.7. The largest absolute Gasteiger partial charge is 3.00 e. The summed E-state index contributed by atoms with van der Waals surface area (Å²) >= 11 is 1.26. The Balaban J connectivity index is 0.000000202. The average molecular weight is 668 g/mol. The van der Waals surface area contributed by atoms with Crippen molar-refractivity contribution in [3.8, 4) is 11.1 Å². The van der Waals surface area contributed by atoms with Gasteiger partial charge in [-0.25, -0.2) is 5.57 Å². The second-order valence-electron chi connectivity index (χ2n) is 13.9. The summed E-state index contributed by atoms with van der Waals surface area (Å²) in [6.45, 7) is 13.5. The third kappa shape index (κ3) is 10.5. The molecule has 8 rings (SSSR count). The molecule has 4 saturated carbocycles. The zero-order valence-electron chi connectivity index (χ0n) is 27.8. The Bertz CT molecular complexity index is 1240. The molecule has 3 aromatic rings. The van der Waals surface area contributed by atoms with Crippen molar-refractivity contribution >= 4 is 20.9 Å². The molecule has 3 unspecified atom stereocenters. The summed E-state index contributed by atoms with van der Waals surface area (Å²) in [7, 11) is 0. The number of nitrogens with one attached hydrogen (secondary N) is 1. The molecule has 0 saturated heterocycles. The second-order valence-corrected chi connectivity index (χ2v) is 15.6. The molecule has 0 heterocycles. The first-order valence-electron chi connectivity index (χ1n) is 15.4. The topological polar surface area (TPSA) is 23.8 Å². The first kappa shape index (κ1) is 37.5. The van der Waals surface area contributed by atoms with E-state index in [0.717, 1.165) is 5.92 Å². The van der Waals surface area contributed by atoms with Gasteiger partial charge in [0, 0.05) is 0 Å². The summed E-state index contributed by atoms with van der Waals surface area (Å²) in [6.07, 6.45) is 11.2. The fraction of sp³-hybridized carbons (Fsp3) is 0.425. The molecule has 3 atom stereocenters. The molecule has 5 aliphatic carbocycles. The van der Waals surface area contributed by atoms with Crippen molar-refractivity contribution in [3.05, 3.63) is 127 Å². The van der Waals surface area contributed by atoms with Crippen LogP contribution in [0.1, 0.15) is 80.1 Å². The van der Waals surface area contributed by atoms with Crippen LogP contribution in [0.2, 0.25) is 0 Å². The Morgan fingerprint density at radius 3 is 1.37 bits per heavy atom. The summed E-state index contributed by atoms with van der Waals surface area (Å²) in [5, 5.41) is 0. The number of hydrogen-bond donors (Lipinski definition) is 0. The molecular formula is C40H53GeNTi. The van der Waals surface area contributed by atoms with Crippen molar-refractivity contribution < 1.29 is 21.7 Å². The van der Waals surface area contributed by atoms with Gasteiger partial charge in [0.15, 0.2) is 0 Å². The van der Waals surface area contributed by atoms with Crippen molar-refractivity contribution in [3.63, 3.8) is 0 Å². The van der Waals surface area contributed by atoms with Gasteiger partial charge in [0.1, 0.15) is 0 Å². The van der Waals surface area contributed by atoms with Gasteiger partial charge in [-0.05, 0) is 47.1 Å². The van der Waals surface area contributed by atoms with E-state index in [1.807, 2.05) is 18.2 Å². The number of rotatable bonds is 1. The van der Waals surface area contributed by atoms with E-state index in [0.29, 0.717) is 16.7 Å².